The SMILES string of the molecule is CCOC(=O)C1=C(C=O)C2=C3CCC(=O)[C@@H](C3)c3cc4cc[nH]c4cc3CC[C@H](CO)COc3c4c(c(CO)c(c32)O1)O[C@H]([C@@](C)(O)CCCCO)C4. The molecule has 282 valence electrons. The number of carbonyl (C=O) groups is 3. The Balaban J connectivity index is 1.49. The van der Waals surface area contributed by atoms with Gasteiger partial charge < -0.3 is 44.4 Å². The number of ether oxygens (including phenoxy) is 4. The molecule has 1 fully saturated rings. The maximum Gasteiger partial charge on any atom is 0.375 e. The predicted octanol–water partition coefficient (Wildman–Crippen LogP) is 4.51. The molecule has 12 heteroatoms. The van der Waals surface area contributed by atoms with Crippen LogP contribution in [0.4, 0.5) is 0 Å². The summed E-state index contributed by atoms with van der Waals surface area (Å²) in [5.41, 5.74) is 3.69. The van der Waals surface area contributed by atoms with Crippen molar-refractivity contribution in [3.63, 3.8) is 0 Å². The average molecular weight is 730 g/mol. The number of carbonyl (C=O) groups excluding carboxylic acids is 3. The summed E-state index contributed by atoms with van der Waals surface area (Å²) in [5.74, 6) is -1.40. The summed E-state index contributed by atoms with van der Waals surface area (Å²) in [7, 11) is 0. The van der Waals surface area contributed by atoms with Crippen molar-refractivity contribution >= 4 is 34.5 Å². The largest absolute Gasteiger partial charge is 0.492 e. The molecule has 4 aliphatic rings. The topological polar surface area (TPSA) is 185 Å². The molecule has 4 heterocycles. The normalized spacial score (nSPS) is 22.2. The van der Waals surface area contributed by atoms with E-state index in [1.165, 1.54) is 0 Å². The van der Waals surface area contributed by atoms with Gasteiger partial charge in [0.15, 0.2) is 6.29 Å². The summed E-state index contributed by atoms with van der Waals surface area (Å²) in [5, 5.41) is 43.5. The second-order valence-corrected chi connectivity index (χ2v) is 14.7. The van der Waals surface area contributed by atoms with Crippen molar-refractivity contribution in [3.05, 3.63) is 69.1 Å². The van der Waals surface area contributed by atoms with E-state index in [2.05, 4.69) is 11.1 Å². The highest BCUT2D eigenvalue weighted by molar-refractivity contribution is 6.11. The number of hydrogen-bond acceptors (Lipinski definition) is 11. The molecular weight excluding hydrogens is 682 g/mol. The minimum Gasteiger partial charge on any atom is -0.492 e. The number of H-pyrrole nitrogens is 1. The van der Waals surface area contributed by atoms with E-state index in [4.69, 9.17) is 18.9 Å². The fourth-order valence-electron chi connectivity index (χ4n) is 8.38. The zero-order chi connectivity index (χ0) is 37.4. The van der Waals surface area contributed by atoms with E-state index in [0.29, 0.717) is 67.3 Å². The van der Waals surface area contributed by atoms with Crippen LogP contribution in [0.3, 0.4) is 0 Å². The van der Waals surface area contributed by atoms with Gasteiger partial charge in [0.1, 0.15) is 29.1 Å². The lowest BCUT2D eigenvalue weighted by atomic mass is 9.74. The number of unbranched alkanes of at least 4 members (excludes halogenated alkanes) is 1. The number of allylic oxidation sites excluding steroid dienone is 3. The van der Waals surface area contributed by atoms with Crippen LogP contribution < -0.4 is 14.2 Å². The number of aromatic amines is 1. The Hall–Kier alpha value is -4.49. The molecule has 0 amide bonds. The summed E-state index contributed by atoms with van der Waals surface area (Å²) in [6.07, 6.45) is 5.13. The standard InChI is InChI=1S/C41H47NO11/c1-3-50-40(48)39-29(19-45)34-25-8-9-32(47)27(15-25)26-14-24-10-12-42-31(24)16-23(26)7-6-22(18-44)21-51-37-28-17-33(41(2,49)11-4-5-13-43)52-36(28)30(20-46)38(53-39)35(34)37/h10,12,14,16,19,22,27,33,42-44,46,49H,3-9,11,13,15,17-18,20-21H2,1-2H3/t22-,27+,33+,41+/m1/s1. The van der Waals surface area contributed by atoms with Crippen molar-refractivity contribution in [1.29, 1.82) is 0 Å². The van der Waals surface area contributed by atoms with Gasteiger partial charge in [0.25, 0.3) is 0 Å². The first kappa shape index (κ1) is 36.9. The summed E-state index contributed by atoms with van der Waals surface area (Å²) >= 11 is 0. The molecule has 5 N–H and O–H groups in total. The van der Waals surface area contributed by atoms with E-state index in [0.717, 1.165) is 27.6 Å². The number of aliphatic hydroxyl groups is 4. The maximum atomic E-state index is 13.9. The van der Waals surface area contributed by atoms with Crippen LogP contribution in [0.2, 0.25) is 0 Å². The lowest BCUT2D eigenvalue weighted by molar-refractivity contribution is -0.141. The Labute approximate surface area is 307 Å². The number of aliphatic hydroxyl groups excluding tert-OH is 3. The van der Waals surface area contributed by atoms with Crippen molar-refractivity contribution in [2.45, 2.75) is 95.9 Å². The molecule has 3 aliphatic heterocycles. The fraction of sp³-hybridized carbons (Fsp3) is 0.488. The van der Waals surface area contributed by atoms with Crippen LogP contribution in [-0.4, -0.2) is 81.6 Å². The molecule has 1 aliphatic carbocycles. The van der Waals surface area contributed by atoms with Gasteiger partial charge in [-0.15, -0.1) is 0 Å². The fourth-order valence-corrected chi connectivity index (χ4v) is 8.38. The molecule has 4 atom stereocenters. The number of aryl methyl sites for hydroxylation is 1. The van der Waals surface area contributed by atoms with Crippen molar-refractivity contribution < 1.29 is 53.8 Å². The van der Waals surface area contributed by atoms with E-state index in [1.54, 1.807) is 13.8 Å². The molecule has 1 aromatic heterocycles. The minimum atomic E-state index is -1.33. The number of aldehydes is 1. The molecule has 0 unspecified atom stereocenters. The highest BCUT2D eigenvalue weighted by Crippen LogP contribution is 2.57. The van der Waals surface area contributed by atoms with Gasteiger partial charge in [0, 0.05) is 60.7 Å². The highest BCUT2D eigenvalue weighted by atomic mass is 16.6. The Morgan fingerprint density at radius 3 is 2.66 bits per heavy atom. The molecule has 53 heavy (non-hydrogen) atoms. The van der Waals surface area contributed by atoms with E-state index < -0.39 is 30.2 Å². The number of fused-ring (bicyclic) bond motifs is 7. The smallest absolute Gasteiger partial charge is 0.375 e. The van der Waals surface area contributed by atoms with Crippen LogP contribution in [0.25, 0.3) is 16.5 Å². The number of nitrogens with one attached hydrogen (secondary N) is 1. The summed E-state index contributed by atoms with van der Waals surface area (Å²) in [6.45, 7) is 2.64. The molecule has 1 saturated carbocycles. The number of Topliss-reactive ketones (excluding diaryl/α,β-unsaturated/α-hetero) is 1. The van der Waals surface area contributed by atoms with Gasteiger partial charge in [-0.1, -0.05) is 5.57 Å². The van der Waals surface area contributed by atoms with Crippen molar-refractivity contribution in [2.75, 3.05) is 26.4 Å². The van der Waals surface area contributed by atoms with Crippen LogP contribution in [0.15, 0.2) is 41.3 Å². The summed E-state index contributed by atoms with van der Waals surface area (Å²) in [6, 6.07) is 6.07. The predicted molar refractivity (Wildman–Crippen MR) is 194 cm³/mol. The Bertz CT molecular complexity index is 2000. The van der Waals surface area contributed by atoms with Gasteiger partial charge >= 0.3 is 5.97 Å². The number of hydrogen-bond donors (Lipinski definition) is 5. The Kier molecular flexibility index (Phi) is 10.5. The number of ketones is 1. The molecule has 7 rings (SSSR count). The number of esters is 1. The summed E-state index contributed by atoms with van der Waals surface area (Å²) < 4.78 is 24.8. The van der Waals surface area contributed by atoms with E-state index >= 15 is 0 Å². The van der Waals surface area contributed by atoms with Gasteiger partial charge in [0.2, 0.25) is 5.76 Å². The third-order valence-corrected chi connectivity index (χ3v) is 11.3. The van der Waals surface area contributed by atoms with Gasteiger partial charge in [-0.2, -0.15) is 0 Å². The third kappa shape index (κ3) is 6.66. The zero-order valence-electron chi connectivity index (χ0n) is 30.2. The first-order valence-electron chi connectivity index (χ1n) is 18.6. The monoisotopic (exact) mass is 729 g/mol. The third-order valence-electron chi connectivity index (χ3n) is 11.3. The lowest BCUT2D eigenvalue weighted by Crippen LogP contribution is -2.42. The number of aromatic nitrogens is 1. The molecular formula is C41H47NO11. The van der Waals surface area contributed by atoms with Gasteiger partial charge in [-0.3, -0.25) is 9.59 Å². The van der Waals surface area contributed by atoms with Crippen molar-refractivity contribution in [3.8, 4) is 17.2 Å². The Morgan fingerprint density at radius 1 is 1.09 bits per heavy atom. The molecule has 2 bridgehead atoms. The van der Waals surface area contributed by atoms with Gasteiger partial charge in [0.05, 0.1) is 42.1 Å². The van der Waals surface area contributed by atoms with Gasteiger partial charge in [-0.05, 0) is 93.5 Å². The summed E-state index contributed by atoms with van der Waals surface area (Å²) in [4.78, 5) is 43.9. The van der Waals surface area contributed by atoms with Crippen LogP contribution in [0, 0.1) is 5.92 Å². The van der Waals surface area contributed by atoms with Crippen LogP contribution >= 0.6 is 0 Å². The number of benzene rings is 2. The van der Waals surface area contributed by atoms with E-state index in [1.807, 2.05) is 18.3 Å². The molecule has 2 aromatic carbocycles. The Morgan fingerprint density at radius 2 is 1.92 bits per heavy atom. The zero-order valence-corrected chi connectivity index (χ0v) is 30.2. The molecule has 0 spiro atoms. The maximum absolute atomic E-state index is 13.9. The van der Waals surface area contributed by atoms with Crippen molar-refractivity contribution in [2.24, 2.45) is 5.92 Å². The molecule has 0 radical (unpaired) electrons. The second-order valence-electron chi connectivity index (χ2n) is 14.7. The highest BCUT2D eigenvalue weighted by Gasteiger charge is 2.46. The second kappa shape index (κ2) is 15.1. The van der Waals surface area contributed by atoms with Crippen LogP contribution in [0.1, 0.15) is 92.5 Å². The van der Waals surface area contributed by atoms with Gasteiger partial charge in [-0.25, -0.2) is 4.79 Å². The van der Waals surface area contributed by atoms with Crippen LogP contribution in [0.5, 0.6) is 17.2 Å². The average Bonchev–Trinajstić information content (AvgIpc) is 3.81. The first-order chi connectivity index (χ1) is 25.6. The van der Waals surface area contributed by atoms with E-state index in [-0.39, 0.29) is 85.8 Å². The number of rotatable bonds is 10. The molecule has 0 saturated heterocycles. The lowest BCUT2D eigenvalue weighted by Gasteiger charge is -2.32. The van der Waals surface area contributed by atoms with Crippen LogP contribution in [-0.2, 0) is 38.6 Å². The first-order valence-corrected chi connectivity index (χ1v) is 18.6. The molecule has 3 aromatic rings. The minimum absolute atomic E-state index is 0.00926. The van der Waals surface area contributed by atoms with Crippen molar-refractivity contribution in [1.82, 2.24) is 4.98 Å². The quantitative estimate of drug-likeness (QED) is 0.112. The van der Waals surface area contributed by atoms with E-state index in [9.17, 15) is 34.8 Å². The molecule has 12 nitrogen and oxygen atoms in total.